The zero-order chi connectivity index (χ0) is 17.8. The molecule has 7 heteroatoms. The van der Waals surface area contributed by atoms with E-state index in [-0.39, 0.29) is 11.5 Å². The number of amides is 1. The standard InChI is InChI=1S/C18H19N3O3S/c1-12-14(17(22)19-11-13-4-3-9-25-13)10-15-16(20-12)5-6-21(18(15)23)7-8-24-2/h3-6,9-10H,7-8,11H2,1-2H3,(H,19,22). The highest BCUT2D eigenvalue weighted by Gasteiger charge is 2.14. The molecule has 0 fully saturated rings. The molecule has 3 aromatic rings. The monoisotopic (exact) mass is 357 g/mol. The summed E-state index contributed by atoms with van der Waals surface area (Å²) in [4.78, 5) is 30.6. The van der Waals surface area contributed by atoms with Crippen LogP contribution in [0.5, 0.6) is 0 Å². The summed E-state index contributed by atoms with van der Waals surface area (Å²) < 4.78 is 6.59. The van der Waals surface area contributed by atoms with Crippen LogP contribution in [0.1, 0.15) is 20.9 Å². The molecule has 0 aliphatic rings. The summed E-state index contributed by atoms with van der Waals surface area (Å²) in [6, 6.07) is 7.32. The molecule has 3 aromatic heterocycles. The van der Waals surface area contributed by atoms with Gasteiger partial charge in [-0.05, 0) is 30.5 Å². The molecule has 0 saturated carbocycles. The number of nitrogens with one attached hydrogen (secondary N) is 1. The average Bonchev–Trinajstić information content (AvgIpc) is 3.12. The first-order chi connectivity index (χ1) is 12.1. The molecule has 130 valence electrons. The first kappa shape index (κ1) is 17.3. The third-order valence-electron chi connectivity index (χ3n) is 3.93. The minimum Gasteiger partial charge on any atom is -0.383 e. The maximum absolute atomic E-state index is 12.6. The van der Waals surface area contributed by atoms with Crippen LogP contribution in [0.2, 0.25) is 0 Å². The second-order valence-corrected chi connectivity index (χ2v) is 6.66. The van der Waals surface area contributed by atoms with Crippen LogP contribution >= 0.6 is 11.3 Å². The fourth-order valence-electron chi connectivity index (χ4n) is 2.58. The molecule has 1 amide bonds. The molecule has 0 saturated heterocycles. The van der Waals surface area contributed by atoms with Crippen molar-refractivity contribution < 1.29 is 9.53 Å². The van der Waals surface area contributed by atoms with Crippen molar-refractivity contribution in [3.8, 4) is 0 Å². The topological polar surface area (TPSA) is 73.2 Å². The van der Waals surface area contributed by atoms with Crippen LogP contribution in [0.15, 0.2) is 40.6 Å². The third-order valence-corrected chi connectivity index (χ3v) is 4.81. The first-order valence-electron chi connectivity index (χ1n) is 7.90. The van der Waals surface area contributed by atoms with E-state index in [0.717, 1.165) is 4.88 Å². The molecule has 6 nitrogen and oxygen atoms in total. The van der Waals surface area contributed by atoms with Crippen LogP contribution in [0.3, 0.4) is 0 Å². The number of nitrogens with zero attached hydrogens (tertiary/aromatic N) is 2. The minimum absolute atomic E-state index is 0.172. The highest BCUT2D eigenvalue weighted by molar-refractivity contribution is 7.09. The summed E-state index contributed by atoms with van der Waals surface area (Å²) in [6.07, 6.45) is 1.70. The van der Waals surface area contributed by atoms with Crippen LogP contribution in [0.25, 0.3) is 10.9 Å². The van der Waals surface area contributed by atoms with Crippen molar-refractivity contribution >= 4 is 28.1 Å². The minimum atomic E-state index is -0.230. The number of ether oxygens (including phenoxy) is 1. The van der Waals surface area contributed by atoms with Gasteiger partial charge in [0.1, 0.15) is 0 Å². The number of fused-ring (bicyclic) bond motifs is 1. The van der Waals surface area contributed by atoms with Gasteiger partial charge in [0, 0.05) is 24.7 Å². The van der Waals surface area contributed by atoms with Crippen molar-refractivity contribution in [1.82, 2.24) is 14.9 Å². The van der Waals surface area contributed by atoms with Crippen LogP contribution in [-0.2, 0) is 17.8 Å². The SMILES string of the molecule is COCCn1ccc2nc(C)c(C(=O)NCc3cccs3)cc2c1=O. The molecule has 0 radical (unpaired) electrons. The summed E-state index contributed by atoms with van der Waals surface area (Å²) in [5.41, 5.74) is 1.44. The largest absolute Gasteiger partial charge is 0.383 e. The van der Waals surface area contributed by atoms with E-state index in [1.807, 2.05) is 17.5 Å². The highest BCUT2D eigenvalue weighted by atomic mass is 32.1. The van der Waals surface area contributed by atoms with Gasteiger partial charge in [0.25, 0.3) is 11.5 Å². The van der Waals surface area contributed by atoms with Gasteiger partial charge in [-0.15, -0.1) is 11.3 Å². The number of methoxy groups -OCH3 is 1. The number of hydrogen-bond donors (Lipinski definition) is 1. The fraction of sp³-hybridized carbons (Fsp3) is 0.278. The van der Waals surface area contributed by atoms with Gasteiger partial charge in [0.15, 0.2) is 0 Å². The number of pyridine rings is 2. The second kappa shape index (κ2) is 7.58. The van der Waals surface area contributed by atoms with Gasteiger partial charge in [-0.25, -0.2) is 0 Å². The van der Waals surface area contributed by atoms with Crippen molar-refractivity contribution in [2.24, 2.45) is 0 Å². The predicted molar refractivity (Wildman–Crippen MR) is 98.1 cm³/mol. The van der Waals surface area contributed by atoms with Gasteiger partial charge >= 0.3 is 0 Å². The molecule has 25 heavy (non-hydrogen) atoms. The number of carbonyl (C=O) groups excluding carboxylic acids is 1. The molecule has 0 aliphatic carbocycles. The summed E-state index contributed by atoms with van der Waals surface area (Å²) in [7, 11) is 1.59. The Balaban J connectivity index is 1.91. The van der Waals surface area contributed by atoms with Crippen LogP contribution in [0, 0.1) is 6.92 Å². The average molecular weight is 357 g/mol. The van der Waals surface area contributed by atoms with E-state index < -0.39 is 0 Å². The zero-order valence-electron chi connectivity index (χ0n) is 14.1. The van der Waals surface area contributed by atoms with E-state index in [1.165, 1.54) is 0 Å². The van der Waals surface area contributed by atoms with Gasteiger partial charge in [-0.3, -0.25) is 14.6 Å². The van der Waals surface area contributed by atoms with Crippen molar-refractivity contribution in [1.29, 1.82) is 0 Å². The van der Waals surface area contributed by atoms with E-state index in [1.54, 1.807) is 48.3 Å². The Hall–Kier alpha value is -2.51. The Morgan fingerprint density at radius 2 is 2.24 bits per heavy atom. The maximum Gasteiger partial charge on any atom is 0.260 e. The lowest BCUT2D eigenvalue weighted by Gasteiger charge is -2.10. The molecule has 0 spiro atoms. The Bertz CT molecular complexity index is 948. The van der Waals surface area contributed by atoms with Gasteiger partial charge < -0.3 is 14.6 Å². The number of aryl methyl sites for hydroxylation is 1. The number of thiophene rings is 1. The first-order valence-corrected chi connectivity index (χ1v) is 8.78. The second-order valence-electron chi connectivity index (χ2n) is 5.62. The van der Waals surface area contributed by atoms with E-state index in [4.69, 9.17) is 4.74 Å². The van der Waals surface area contributed by atoms with Crippen molar-refractivity contribution in [3.63, 3.8) is 0 Å². The fourth-order valence-corrected chi connectivity index (χ4v) is 3.22. The Morgan fingerprint density at radius 3 is 2.96 bits per heavy atom. The molecular weight excluding hydrogens is 338 g/mol. The molecule has 3 rings (SSSR count). The Kier molecular flexibility index (Phi) is 5.25. The molecule has 0 atom stereocenters. The van der Waals surface area contributed by atoms with E-state index >= 15 is 0 Å². The number of rotatable bonds is 6. The summed E-state index contributed by atoms with van der Waals surface area (Å²) >= 11 is 1.58. The summed E-state index contributed by atoms with van der Waals surface area (Å²) in [6.45, 7) is 3.13. The Morgan fingerprint density at radius 1 is 1.40 bits per heavy atom. The highest BCUT2D eigenvalue weighted by Crippen LogP contribution is 2.14. The molecule has 1 N–H and O–H groups in total. The van der Waals surface area contributed by atoms with E-state index in [0.29, 0.717) is 41.9 Å². The quantitative estimate of drug-likeness (QED) is 0.735. The molecule has 0 aromatic carbocycles. The van der Waals surface area contributed by atoms with E-state index in [9.17, 15) is 9.59 Å². The molecule has 0 aliphatic heterocycles. The maximum atomic E-state index is 12.6. The van der Waals surface area contributed by atoms with Crippen molar-refractivity contribution in [3.05, 3.63) is 62.3 Å². The Labute approximate surface area is 149 Å². The number of carbonyl (C=O) groups is 1. The van der Waals surface area contributed by atoms with Crippen LogP contribution < -0.4 is 10.9 Å². The summed E-state index contributed by atoms with van der Waals surface area (Å²) in [5.74, 6) is -0.230. The smallest absolute Gasteiger partial charge is 0.260 e. The number of hydrogen-bond acceptors (Lipinski definition) is 5. The van der Waals surface area contributed by atoms with Crippen molar-refractivity contribution in [2.45, 2.75) is 20.0 Å². The lowest BCUT2D eigenvalue weighted by Crippen LogP contribution is -2.25. The van der Waals surface area contributed by atoms with Gasteiger partial charge in [-0.1, -0.05) is 6.07 Å². The van der Waals surface area contributed by atoms with Crippen LogP contribution in [-0.4, -0.2) is 29.2 Å². The lowest BCUT2D eigenvalue weighted by molar-refractivity contribution is 0.0950. The van der Waals surface area contributed by atoms with Gasteiger partial charge in [0.05, 0.1) is 35.3 Å². The zero-order valence-corrected chi connectivity index (χ0v) is 14.9. The molecule has 0 bridgehead atoms. The molecular formula is C18H19N3O3S. The van der Waals surface area contributed by atoms with Crippen LogP contribution in [0.4, 0.5) is 0 Å². The van der Waals surface area contributed by atoms with Gasteiger partial charge in [-0.2, -0.15) is 0 Å². The normalized spacial score (nSPS) is 11.0. The van der Waals surface area contributed by atoms with Gasteiger partial charge in [0.2, 0.25) is 0 Å². The molecule has 0 unspecified atom stereocenters. The summed E-state index contributed by atoms with van der Waals surface area (Å²) in [5, 5.41) is 5.28. The van der Waals surface area contributed by atoms with E-state index in [2.05, 4.69) is 10.3 Å². The molecule has 3 heterocycles. The lowest BCUT2D eigenvalue weighted by atomic mass is 10.1. The van der Waals surface area contributed by atoms with Crippen molar-refractivity contribution in [2.75, 3.05) is 13.7 Å². The number of aromatic nitrogens is 2. The third kappa shape index (κ3) is 3.78. The predicted octanol–water partition coefficient (Wildman–Crippen LogP) is 2.34.